The molecule has 29 heavy (non-hydrogen) atoms. The molecular weight excluding hydrogens is 452 g/mol. The van der Waals surface area contributed by atoms with Crippen molar-refractivity contribution in [1.29, 1.82) is 0 Å². The molecule has 7 heteroatoms. The highest BCUT2D eigenvalue weighted by Gasteiger charge is 2.39. The summed E-state index contributed by atoms with van der Waals surface area (Å²) in [5.41, 5.74) is 3.35. The second-order valence-corrected chi connectivity index (χ2v) is 10.6. The SMILES string of the molecule is O=S(=O)(c1ccc2c(c1)[C@H]1C=CC[C@H]1[C@@H](c1ccc(Br)cc1)N2)N1CCOCC1. The van der Waals surface area contributed by atoms with E-state index in [4.69, 9.17) is 4.74 Å². The lowest BCUT2D eigenvalue weighted by Crippen LogP contribution is -2.40. The van der Waals surface area contributed by atoms with Gasteiger partial charge in [0.25, 0.3) is 0 Å². The number of sulfonamides is 1. The molecule has 2 aromatic rings. The zero-order valence-corrected chi connectivity index (χ0v) is 18.3. The van der Waals surface area contributed by atoms with E-state index in [1.54, 1.807) is 6.07 Å². The molecule has 0 spiro atoms. The maximum Gasteiger partial charge on any atom is 0.243 e. The van der Waals surface area contributed by atoms with Crippen LogP contribution in [0.2, 0.25) is 0 Å². The number of fused-ring (bicyclic) bond motifs is 3. The molecule has 0 amide bonds. The molecule has 0 bridgehead atoms. The molecule has 5 nitrogen and oxygen atoms in total. The molecule has 0 saturated carbocycles. The Bertz CT molecular complexity index is 1050. The Hall–Kier alpha value is -1.67. The van der Waals surface area contributed by atoms with Crippen LogP contribution in [0.15, 0.2) is 64.0 Å². The van der Waals surface area contributed by atoms with Gasteiger partial charge in [0.2, 0.25) is 10.0 Å². The van der Waals surface area contributed by atoms with E-state index in [1.807, 2.05) is 12.1 Å². The van der Waals surface area contributed by atoms with Crippen LogP contribution in [0.5, 0.6) is 0 Å². The van der Waals surface area contributed by atoms with E-state index in [0.717, 1.165) is 22.1 Å². The molecule has 0 unspecified atom stereocenters. The van der Waals surface area contributed by atoms with Crippen LogP contribution in [-0.4, -0.2) is 39.0 Å². The highest BCUT2D eigenvalue weighted by atomic mass is 79.9. The summed E-state index contributed by atoms with van der Waals surface area (Å²) in [4.78, 5) is 0.376. The molecule has 152 valence electrons. The molecule has 1 saturated heterocycles. The highest BCUT2D eigenvalue weighted by molar-refractivity contribution is 9.10. The van der Waals surface area contributed by atoms with Crippen LogP contribution >= 0.6 is 15.9 Å². The van der Waals surface area contributed by atoms with E-state index in [9.17, 15) is 8.42 Å². The fourth-order valence-electron chi connectivity index (χ4n) is 4.67. The van der Waals surface area contributed by atoms with Crippen molar-refractivity contribution in [2.45, 2.75) is 23.3 Å². The van der Waals surface area contributed by atoms with Crippen LogP contribution < -0.4 is 5.32 Å². The first-order valence-electron chi connectivity index (χ1n) is 9.94. The first-order chi connectivity index (χ1) is 14.0. The van der Waals surface area contributed by atoms with Crippen molar-refractivity contribution in [2.24, 2.45) is 5.92 Å². The Morgan fingerprint density at radius 1 is 1.07 bits per heavy atom. The third kappa shape index (κ3) is 3.44. The lowest BCUT2D eigenvalue weighted by Gasteiger charge is -2.38. The zero-order chi connectivity index (χ0) is 20.0. The Morgan fingerprint density at radius 3 is 2.59 bits per heavy atom. The van der Waals surface area contributed by atoms with Gasteiger partial charge < -0.3 is 10.1 Å². The first-order valence-corrected chi connectivity index (χ1v) is 12.2. The molecule has 0 radical (unpaired) electrons. The fourth-order valence-corrected chi connectivity index (χ4v) is 6.38. The zero-order valence-electron chi connectivity index (χ0n) is 15.9. The Morgan fingerprint density at radius 2 is 1.83 bits per heavy atom. The van der Waals surface area contributed by atoms with Gasteiger partial charge in [0.05, 0.1) is 24.2 Å². The predicted octanol–water partition coefficient (Wildman–Crippen LogP) is 4.30. The maximum absolute atomic E-state index is 13.1. The minimum atomic E-state index is -3.50. The van der Waals surface area contributed by atoms with E-state index in [2.05, 4.69) is 57.7 Å². The van der Waals surface area contributed by atoms with Gasteiger partial charge >= 0.3 is 0 Å². The number of halogens is 1. The van der Waals surface area contributed by atoms with Crippen LogP contribution in [0.3, 0.4) is 0 Å². The summed E-state index contributed by atoms with van der Waals surface area (Å²) >= 11 is 3.51. The minimum Gasteiger partial charge on any atom is -0.379 e. The second-order valence-electron chi connectivity index (χ2n) is 7.79. The number of nitrogens with zero attached hydrogens (tertiary/aromatic N) is 1. The summed E-state index contributed by atoms with van der Waals surface area (Å²) in [6.07, 6.45) is 5.45. The topological polar surface area (TPSA) is 58.6 Å². The van der Waals surface area contributed by atoms with E-state index >= 15 is 0 Å². The number of benzene rings is 2. The largest absolute Gasteiger partial charge is 0.379 e. The van der Waals surface area contributed by atoms with Gasteiger partial charge in [-0.2, -0.15) is 4.31 Å². The molecule has 1 fully saturated rings. The predicted molar refractivity (Wildman–Crippen MR) is 117 cm³/mol. The van der Waals surface area contributed by atoms with E-state index in [0.29, 0.717) is 37.1 Å². The Labute approximate surface area is 179 Å². The van der Waals surface area contributed by atoms with Crippen LogP contribution in [0, 0.1) is 5.92 Å². The Balaban J connectivity index is 1.51. The standard InChI is InChI=1S/C22H23BrN2O3S/c23-16-6-4-15(5-7-16)22-19-3-1-2-18(19)20-14-17(8-9-21(20)24-22)29(26,27)25-10-12-28-13-11-25/h1-2,4-9,14,18-19,22,24H,3,10-13H2/t18-,19+,22+/m0/s1. The van der Waals surface area contributed by atoms with Crippen LogP contribution in [-0.2, 0) is 14.8 Å². The smallest absolute Gasteiger partial charge is 0.243 e. The third-order valence-corrected chi connectivity index (χ3v) is 8.59. The summed E-state index contributed by atoms with van der Waals surface area (Å²) in [5.74, 6) is 0.602. The number of rotatable bonds is 3. The van der Waals surface area contributed by atoms with Crippen molar-refractivity contribution in [3.63, 3.8) is 0 Å². The van der Waals surface area contributed by atoms with Gasteiger partial charge in [-0.05, 0) is 53.8 Å². The van der Waals surface area contributed by atoms with Gasteiger partial charge in [0.15, 0.2) is 0 Å². The lowest BCUT2D eigenvalue weighted by atomic mass is 9.77. The number of morpholine rings is 1. The molecule has 0 aromatic heterocycles. The summed E-state index contributed by atoms with van der Waals surface area (Å²) in [5, 5.41) is 3.68. The maximum atomic E-state index is 13.1. The van der Waals surface area contributed by atoms with Crippen LogP contribution in [0.4, 0.5) is 5.69 Å². The first kappa shape index (κ1) is 19.3. The molecule has 1 N–H and O–H groups in total. The average Bonchev–Trinajstić information content (AvgIpc) is 3.24. The van der Waals surface area contributed by atoms with Crippen LogP contribution in [0.25, 0.3) is 0 Å². The van der Waals surface area contributed by atoms with Crippen molar-refractivity contribution in [3.8, 4) is 0 Å². The number of nitrogens with one attached hydrogen (secondary N) is 1. The lowest BCUT2D eigenvalue weighted by molar-refractivity contribution is 0.0730. The van der Waals surface area contributed by atoms with Gasteiger partial charge in [0, 0.05) is 29.2 Å². The van der Waals surface area contributed by atoms with Crippen molar-refractivity contribution < 1.29 is 13.2 Å². The Kier molecular flexibility index (Phi) is 5.02. The van der Waals surface area contributed by atoms with Gasteiger partial charge in [-0.25, -0.2) is 8.42 Å². The normalized spacial score (nSPS) is 26.6. The minimum absolute atomic E-state index is 0.206. The fraction of sp³-hybridized carbons (Fsp3) is 0.364. The number of allylic oxidation sites excluding steroid dienone is 2. The van der Waals surface area contributed by atoms with E-state index in [-0.39, 0.29) is 12.0 Å². The van der Waals surface area contributed by atoms with Crippen molar-refractivity contribution in [1.82, 2.24) is 4.31 Å². The molecule has 2 heterocycles. The molecule has 2 aliphatic heterocycles. The van der Waals surface area contributed by atoms with Crippen molar-refractivity contribution in [3.05, 3.63) is 70.2 Å². The van der Waals surface area contributed by atoms with Crippen molar-refractivity contribution >= 4 is 31.6 Å². The van der Waals surface area contributed by atoms with Crippen molar-refractivity contribution in [2.75, 3.05) is 31.6 Å². The molecule has 1 aliphatic carbocycles. The number of hydrogen-bond donors (Lipinski definition) is 1. The van der Waals surface area contributed by atoms with Gasteiger partial charge in [-0.3, -0.25) is 0 Å². The number of ether oxygens (including phenoxy) is 1. The molecular formula is C22H23BrN2O3S. The summed E-state index contributed by atoms with van der Waals surface area (Å²) in [6, 6.07) is 14.2. The van der Waals surface area contributed by atoms with Gasteiger partial charge in [-0.15, -0.1) is 0 Å². The second kappa shape index (κ2) is 7.54. The highest BCUT2D eigenvalue weighted by Crippen LogP contribution is 2.50. The summed E-state index contributed by atoms with van der Waals surface area (Å²) in [6.45, 7) is 1.73. The van der Waals surface area contributed by atoms with Gasteiger partial charge in [-0.1, -0.05) is 40.2 Å². The monoisotopic (exact) mass is 474 g/mol. The van der Waals surface area contributed by atoms with Crippen LogP contribution in [0.1, 0.15) is 29.5 Å². The average molecular weight is 475 g/mol. The molecule has 3 aliphatic rings. The number of hydrogen-bond acceptors (Lipinski definition) is 4. The molecule has 3 atom stereocenters. The van der Waals surface area contributed by atoms with E-state index in [1.165, 1.54) is 9.87 Å². The third-order valence-electron chi connectivity index (χ3n) is 6.17. The van der Waals surface area contributed by atoms with Gasteiger partial charge in [0.1, 0.15) is 0 Å². The molecule has 2 aromatic carbocycles. The molecule has 5 rings (SSSR count). The summed E-state index contributed by atoms with van der Waals surface area (Å²) in [7, 11) is -3.50. The summed E-state index contributed by atoms with van der Waals surface area (Å²) < 4.78 is 34.1. The van der Waals surface area contributed by atoms with E-state index < -0.39 is 10.0 Å². The number of anilines is 1. The quantitative estimate of drug-likeness (QED) is 0.673.